The molecule has 1 aliphatic carbocycles. The van der Waals surface area contributed by atoms with Crippen molar-refractivity contribution in [3.8, 4) is 61.6 Å². The molecule has 2 heteroatoms. The van der Waals surface area contributed by atoms with Crippen LogP contribution in [-0.2, 0) is 5.41 Å². The van der Waals surface area contributed by atoms with E-state index in [4.69, 9.17) is 4.98 Å². The maximum Gasteiger partial charge on any atom is 0.145 e. The molecule has 0 atom stereocenters. The molecule has 0 aliphatic heterocycles. The Balaban J connectivity index is 1.10. The lowest BCUT2D eigenvalue weighted by molar-refractivity contribution is 0.660. The molecule has 0 amide bonds. The predicted octanol–water partition coefficient (Wildman–Crippen LogP) is 15.5. The average Bonchev–Trinajstić information content (AvgIpc) is 3.80. The van der Waals surface area contributed by atoms with Crippen molar-refractivity contribution in [1.82, 2.24) is 9.55 Å². The summed E-state index contributed by atoms with van der Waals surface area (Å²) in [4.78, 5) is 5.18. The van der Waals surface area contributed by atoms with Crippen molar-refractivity contribution in [2.75, 3.05) is 0 Å². The van der Waals surface area contributed by atoms with Gasteiger partial charge in [-0.2, -0.15) is 0 Å². The van der Waals surface area contributed by atoms with Gasteiger partial charge in [0.2, 0.25) is 0 Å². The monoisotopic (exact) mass is 764 g/mol. The van der Waals surface area contributed by atoms with Gasteiger partial charge in [0.25, 0.3) is 0 Å². The number of aromatic nitrogens is 2. The summed E-state index contributed by atoms with van der Waals surface area (Å²) >= 11 is 0. The van der Waals surface area contributed by atoms with Crippen LogP contribution in [0.1, 0.15) is 25.0 Å². The minimum Gasteiger partial charge on any atom is -0.292 e. The lowest BCUT2D eigenvalue weighted by atomic mass is 9.80. The van der Waals surface area contributed by atoms with E-state index in [0.29, 0.717) is 0 Å². The van der Waals surface area contributed by atoms with Crippen molar-refractivity contribution < 1.29 is 0 Å². The quantitative estimate of drug-likeness (QED) is 0.160. The standard InChI is InChI=1S/C58H40N2/c1-58(2)51-24-11-10-20-45(51)46-33-32-41(36-52(46)58)56-48-22-9-8-21-47(48)55(49-34-31-40(35-50(49)56)44-23-14-16-37-15-6-7-19-43(37)44)38-27-29-39(30-28-38)57-59-53-25-12-13-26-54(53)60(57)42-17-4-3-5-18-42/h3-36H,1-2H3. The minimum absolute atomic E-state index is 0.107. The van der Waals surface area contributed by atoms with Crippen molar-refractivity contribution in [1.29, 1.82) is 0 Å². The summed E-state index contributed by atoms with van der Waals surface area (Å²) in [5.74, 6) is 0.931. The molecule has 11 aromatic rings. The summed E-state index contributed by atoms with van der Waals surface area (Å²) in [6, 6.07) is 75.7. The molecule has 282 valence electrons. The molecule has 0 saturated heterocycles. The molecule has 12 rings (SSSR count). The number of hydrogen-bond acceptors (Lipinski definition) is 1. The van der Waals surface area contributed by atoms with E-state index in [1.165, 1.54) is 88.0 Å². The van der Waals surface area contributed by atoms with Crippen LogP contribution >= 0.6 is 0 Å². The SMILES string of the molecule is CC1(C)c2ccccc2-c2ccc(-c3c4ccccc4c(-c4ccc(-c5nc6ccccc6n5-c5ccccc5)cc4)c4ccc(-c5cccc6ccccc56)cc34)cc21. The van der Waals surface area contributed by atoms with Crippen LogP contribution in [0.5, 0.6) is 0 Å². The second kappa shape index (κ2) is 13.2. The molecule has 0 unspecified atom stereocenters. The van der Waals surface area contributed by atoms with E-state index in [1.807, 2.05) is 0 Å². The fourth-order valence-electron chi connectivity index (χ4n) is 10.1. The molecular formula is C58H40N2. The van der Waals surface area contributed by atoms with Gasteiger partial charge in [-0.1, -0.05) is 184 Å². The Morgan fingerprint density at radius 2 is 0.967 bits per heavy atom. The fraction of sp³-hybridized carbons (Fsp3) is 0.0517. The van der Waals surface area contributed by atoms with Gasteiger partial charge in [-0.05, 0) is 124 Å². The van der Waals surface area contributed by atoms with E-state index in [0.717, 1.165) is 28.1 Å². The molecule has 1 heterocycles. The predicted molar refractivity (Wildman–Crippen MR) is 253 cm³/mol. The van der Waals surface area contributed by atoms with Crippen LogP contribution in [0.4, 0.5) is 0 Å². The van der Waals surface area contributed by atoms with Crippen LogP contribution in [-0.4, -0.2) is 9.55 Å². The van der Waals surface area contributed by atoms with E-state index < -0.39 is 0 Å². The Hall–Kier alpha value is -7.55. The number of para-hydroxylation sites is 3. The molecule has 1 aromatic heterocycles. The lowest BCUT2D eigenvalue weighted by Crippen LogP contribution is -2.14. The van der Waals surface area contributed by atoms with E-state index in [1.54, 1.807) is 0 Å². The zero-order valence-electron chi connectivity index (χ0n) is 33.5. The number of imidazole rings is 1. The number of rotatable bonds is 5. The first-order valence-electron chi connectivity index (χ1n) is 20.9. The summed E-state index contributed by atoms with van der Waals surface area (Å²) in [7, 11) is 0. The maximum atomic E-state index is 5.18. The van der Waals surface area contributed by atoms with Gasteiger partial charge >= 0.3 is 0 Å². The van der Waals surface area contributed by atoms with Crippen LogP contribution in [0.2, 0.25) is 0 Å². The van der Waals surface area contributed by atoms with Gasteiger partial charge in [-0.15, -0.1) is 0 Å². The van der Waals surface area contributed by atoms with Gasteiger partial charge in [0.1, 0.15) is 5.82 Å². The molecule has 10 aromatic carbocycles. The third-order valence-corrected chi connectivity index (χ3v) is 13.0. The highest BCUT2D eigenvalue weighted by Gasteiger charge is 2.35. The molecular weight excluding hydrogens is 725 g/mol. The normalized spacial score (nSPS) is 13.0. The Kier molecular flexibility index (Phi) is 7.61. The zero-order valence-corrected chi connectivity index (χ0v) is 33.5. The van der Waals surface area contributed by atoms with Crippen LogP contribution in [0.25, 0.3) is 105 Å². The summed E-state index contributed by atoms with van der Waals surface area (Å²) in [5, 5.41) is 7.48. The Labute approximate surface area is 349 Å². The van der Waals surface area contributed by atoms with Gasteiger partial charge < -0.3 is 0 Å². The second-order valence-corrected chi connectivity index (χ2v) is 16.7. The molecule has 60 heavy (non-hydrogen) atoms. The topological polar surface area (TPSA) is 17.8 Å². The van der Waals surface area contributed by atoms with Gasteiger partial charge in [0, 0.05) is 16.7 Å². The van der Waals surface area contributed by atoms with Crippen molar-refractivity contribution in [2.24, 2.45) is 0 Å². The molecule has 0 radical (unpaired) electrons. The Bertz CT molecular complexity index is 3490. The third-order valence-electron chi connectivity index (χ3n) is 13.0. The van der Waals surface area contributed by atoms with E-state index >= 15 is 0 Å². The maximum absolute atomic E-state index is 5.18. The van der Waals surface area contributed by atoms with Crippen molar-refractivity contribution in [2.45, 2.75) is 19.3 Å². The first-order chi connectivity index (χ1) is 29.5. The van der Waals surface area contributed by atoms with Gasteiger partial charge in [0.15, 0.2) is 0 Å². The fourth-order valence-corrected chi connectivity index (χ4v) is 10.1. The summed E-state index contributed by atoms with van der Waals surface area (Å²) in [5.41, 5.74) is 17.0. The smallest absolute Gasteiger partial charge is 0.145 e. The molecule has 2 nitrogen and oxygen atoms in total. The Morgan fingerprint density at radius 3 is 1.80 bits per heavy atom. The van der Waals surface area contributed by atoms with E-state index in [9.17, 15) is 0 Å². The summed E-state index contributed by atoms with van der Waals surface area (Å²) in [6.45, 7) is 4.75. The first-order valence-corrected chi connectivity index (χ1v) is 20.9. The number of benzene rings is 10. The summed E-state index contributed by atoms with van der Waals surface area (Å²) < 4.78 is 2.27. The number of fused-ring (bicyclic) bond motifs is 7. The number of nitrogens with zero attached hydrogens (tertiary/aromatic N) is 2. The largest absolute Gasteiger partial charge is 0.292 e. The van der Waals surface area contributed by atoms with Crippen molar-refractivity contribution in [3.63, 3.8) is 0 Å². The van der Waals surface area contributed by atoms with Crippen LogP contribution in [0.3, 0.4) is 0 Å². The highest BCUT2D eigenvalue weighted by molar-refractivity contribution is 6.22. The average molecular weight is 765 g/mol. The van der Waals surface area contributed by atoms with Crippen LogP contribution < -0.4 is 0 Å². The van der Waals surface area contributed by atoms with Gasteiger partial charge in [-0.25, -0.2) is 4.98 Å². The highest BCUT2D eigenvalue weighted by atomic mass is 15.1. The minimum atomic E-state index is -0.107. The molecule has 0 spiro atoms. The molecule has 0 fully saturated rings. The number of hydrogen-bond donors (Lipinski definition) is 0. The van der Waals surface area contributed by atoms with Gasteiger partial charge in [0.05, 0.1) is 11.0 Å². The lowest BCUT2D eigenvalue weighted by Gasteiger charge is -2.23. The van der Waals surface area contributed by atoms with E-state index in [2.05, 4.69) is 225 Å². The third kappa shape index (κ3) is 5.17. The van der Waals surface area contributed by atoms with E-state index in [-0.39, 0.29) is 5.41 Å². The van der Waals surface area contributed by atoms with Crippen molar-refractivity contribution in [3.05, 3.63) is 217 Å². The second-order valence-electron chi connectivity index (χ2n) is 16.7. The molecule has 1 aliphatic rings. The van der Waals surface area contributed by atoms with Crippen molar-refractivity contribution >= 4 is 43.4 Å². The molecule has 0 saturated carbocycles. The van der Waals surface area contributed by atoms with Crippen LogP contribution in [0, 0.1) is 0 Å². The molecule has 0 N–H and O–H groups in total. The molecule has 0 bridgehead atoms. The highest BCUT2D eigenvalue weighted by Crippen LogP contribution is 2.52. The first kappa shape index (κ1) is 34.5. The summed E-state index contributed by atoms with van der Waals surface area (Å²) in [6.07, 6.45) is 0. The zero-order chi connectivity index (χ0) is 40.0. The van der Waals surface area contributed by atoms with Crippen LogP contribution in [0.15, 0.2) is 206 Å². The van der Waals surface area contributed by atoms with Gasteiger partial charge in [-0.3, -0.25) is 4.57 Å². The Morgan fingerprint density at radius 1 is 0.383 bits per heavy atom.